The summed E-state index contributed by atoms with van der Waals surface area (Å²) in [4.78, 5) is 70.3. The number of halogens is 3. The highest BCUT2D eigenvalue weighted by Gasteiger charge is 2.50. The normalized spacial score (nSPS) is 19.4. The molecule has 1 unspecified atom stereocenters. The van der Waals surface area contributed by atoms with Gasteiger partial charge in [-0.2, -0.15) is 0 Å². The van der Waals surface area contributed by atoms with E-state index in [2.05, 4.69) is 43.4 Å². The number of rotatable bonds is 10. The maximum Gasteiger partial charge on any atom is 0.407 e. The molecule has 2 aliphatic rings. The van der Waals surface area contributed by atoms with Gasteiger partial charge in [0.1, 0.15) is 29.5 Å². The smallest absolute Gasteiger partial charge is 0.407 e. The number of carbonyl (C=O) groups is 4. The van der Waals surface area contributed by atoms with Gasteiger partial charge in [-0.15, -0.1) is 0 Å². The molecule has 0 spiro atoms. The van der Waals surface area contributed by atoms with Crippen LogP contribution in [0.15, 0.2) is 54.7 Å². The van der Waals surface area contributed by atoms with Crippen LogP contribution in [0.25, 0.3) is 44.2 Å². The molecule has 4 N–H and O–H groups in total. The predicted molar refractivity (Wildman–Crippen MR) is 226 cm³/mol. The molecule has 3 aromatic carbocycles. The van der Waals surface area contributed by atoms with Crippen LogP contribution in [0.3, 0.4) is 0 Å². The Hall–Kier alpha value is -5.91. The fourth-order valence-electron chi connectivity index (χ4n) is 8.51. The minimum Gasteiger partial charge on any atom is -0.453 e. The van der Waals surface area contributed by atoms with Crippen molar-refractivity contribution < 1.29 is 41.8 Å². The summed E-state index contributed by atoms with van der Waals surface area (Å²) in [6, 6.07) is 11.4. The molecule has 2 aliphatic heterocycles. The van der Waals surface area contributed by atoms with Crippen LogP contribution in [-0.4, -0.2) is 107 Å². The summed E-state index contributed by atoms with van der Waals surface area (Å²) >= 11 is 0. The van der Waals surface area contributed by atoms with Gasteiger partial charge in [0.2, 0.25) is 11.8 Å². The van der Waals surface area contributed by atoms with E-state index in [4.69, 9.17) is 9.72 Å². The summed E-state index contributed by atoms with van der Waals surface area (Å²) in [6.07, 6.45) is 0.0649. The Morgan fingerprint density at radius 2 is 1.48 bits per heavy atom. The standard InChI is InChI=1S/C43H51F3N8O6Si/c1-22(2)34(51-41(57)59-5)39(55)53-20-43(45,46)17-32(53)38-48-30-14-11-25-15-24(9-13-28(25)36(30)50-38)27-12-10-26(16-29(27)44)31-18-47-37(49-31)33-19-61(7,8)21-54(33)40(56)35(23(3)4)52-42(58)60-6/h9-16,18,22-23,32-35H,17,19-21H2,1-8H3,(H,47,49)(H,48,50)(H,51,57)(H,52,58)/t32-,33?,34-,35-/m0/s1. The van der Waals surface area contributed by atoms with E-state index in [0.29, 0.717) is 50.8 Å². The molecular weight excluding hydrogens is 810 g/mol. The summed E-state index contributed by atoms with van der Waals surface area (Å²) in [7, 11) is 0.566. The van der Waals surface area contributed by atoms with E-state index in [9.17, 15) is 28.0 Å². The molecule has 2 fully saturated rings. The van der Waals surface area contributed by atoms with Gasteiger partial charge in [-0.25, -0.2) is 32.7 Å². The maximum atomic E-state index is 16.0. The van der Waals surface area contributed by atoms with Crippen molar-refractivity contribution in [3.8, 4) is 22.4 Å². The quantitative estimate of drug-likeness (QED) is 0.103. The van der Waals surface area contributed by atoms with Crippen LogP contribution in [0.5, 0.6) is 0 Å². The van der Waals surface area contributed by atoms with E-state index < -0.39 is 74.9 Å². The molecule has 0 aliphatic carbocycles. The summed E-state index contributed by atoms with van der Waals surface area (Å²) < 4.78 is 55.4. The third-order valence-corrected chi connectivity index (χ3v) is 14.3. The maximum absolute atomic E-state index is 16.0. The second-order valence-corrected chi connectivity index (χ2v) is 22.6. The lowest BCUT2D eigenvalue weighted by Gasteiger charge is -2.30. The van der Waals surface area contributed by atoms with E-state index >= 15 is 4.39 Å². The van der Waals surface area contributed by atoms with Gasteiger partial charge in [-0.1, -0.05) is 71.1 Å². The molecule has 7 rings (SSSR count). The van der Waals surface area contributed by atoms with Crippen LogP contribution in [0.1, 0.15) is 57.8 Å². The Labute approximate surface area is 352 Å². The number of amides is 4. The molecule has 61 heavy (non-hydrogen) atoms. The summed E-state index contributed by atoms with van der Waals surface area (Å²) in [5.41, 5.74) is 3.20. The molecule has 4 atom stereocenters. The fraction of sp³-hybridized carbons (Fsp3) is 0.442. The lowest BCUT2D eigenvalue weighted by molar-refractivity contribution is -0.137. The van der Waals surface area contributed by atoms with Crippen LogP contribution in [0.2, 0.25) is 19.1 Å². The van der Waals surface area contributed by atoms with E-state index in [-0.39, 0.29) is 23.7 Å². The largest absolute Gasteiger partial charge is 0.453 e. The monoisotopic (exact) mass is 860 g/mol. The Balaban J connectivity index is 1.13. The van der Waals surface area contributed by atoms with Crippen molar-refractivity contribution in [1.82, 2.24) is 40.4 Å². The van der Waals surface area contributed by atoms with Crippen LogP contribution >= 0.6 is 0 Å². The highest BCUT2D eigenvalue weighted by molar-refractivity contribution is 6.78. The first kappa shape index (κ1) is 43.2. The van der Waals surface area contributed by atoms with Crippen molar-refractivity contribution >= 4 is 53.9 Å². The Morgan fingerprint density at radius 3 is 2.10 bits per heavy atom. The lowest BCUT2D eigenvalue weighted by Crippen LogP contribution is -2.52. The molecule has 14 nitrogen and oxygen atoms in total. The predicted octanol–water partition coefficient (Wildman–Crippen LogP) is 7.71. The SMILES string of the molecule is COC(=O)N[C@H](C(=O)N1C[Si](C)(C)CC1c1ncc(-c2ccc(-c3ccc4c(ccc5[nH]c([C@@H]6CC(F)(F)CN6C(=O)[C@@H](NC(=O)OC)C(C)C)nc54)c3)c(F)c2)[nH]1)C(C)C. The zero-order valence-electron chi connectivity index (χ0n) is 35.4. The number of alkyl carbamates (subject to hydrolysis) is 2. The van der Waals surface area contributed by atoms with Gasteiger partial charge in [-0.05, 0) is 47.0 Å². The summed E-state index contributed by atoms with van der Waals surface area (Å²) in [6.45, 7) is 10.7. The minimum absolute atomic E-state index is 0.180. The zero-order chi connectivity index (χ0) is 44.1. The van der Waals surface area contributed by atoms with Gasteiger partial charge in [-0.3, -0.25) is 9.59 Å². The molecule has 18 heteroatoms. The fourth-order valence-corrected chi connectivity index (χ4v) is 11.4. The number of alkyl halides is 2. The number of hydrogen-bond acceptors (Lipinski definition) is 8. The topological polar surface area (TPSA) is 175 Å². The third kappa shape index (κ3) is 8.67. The van der Waals surface area contributed by atoms with Crippen molar-refractivity contribution in [1.29, 1.82) is 0 Å². The van der Waals surface area contributed by atoms with Gasteiger partial charge in [0.05, 0.1) is 63.8 Å². The molecule has 2 aromatic heterocycles. The van der Waals surface area contributed by atoms with Gasteiger partial charge in [0.25, 0.3) is 5.92 Å². The van der Waals surface area contributed by atoms with Crippen molar-refractivity contribution in [2.24, 2.45) is 11.8 Å². The van der Waals surface area contributed by atoms with Crippen LogP contribution in [-0.2, 0) is 19.1 Å². The molecule has 324 valence electrons. The number of nitrogens with zero attached hydrogens (tertiary/aromatic N) is 4. The van der Waals surface area contributed by atoms with E-state index in [0.717, 1.165) is 23.4 Å². The number of aromatic nitrogens is 4. The Kier molecular flexibility index (Phi) is 11.7. The molecule has 4 amide bonds. The Bertz CT molecular complexity index is 2510. The van der Waals surface area contributed by atoms with E-state index in [1.807, 2.05) is 26.0 Å². The van der Waals surface area contributed by atoms with Gasteiger partial charge < -0.3 is 39.9 Å². The van der Waals surface area contributed by atoms with Crippen molar-refractivity contribution in [2.45, 2.75) is 83.3 Å². The molecule has 0 radical (unpaired) electrons. The first-order chi connectivity index (χ1) is 28.8. The molecule has 0 bridgehead atoms. The molecular formula is C43H51F3N8O6Si. The van der Waals surface area contributed by atoms with Crippen molar-refractivity contribution in [3.63, 3.8) is 0 Å². The second-order valence-electron chi connectivity index (χ2n) is 17.5. The number of imidazole rings is 2. The first-order valence-electron chi connectivity index (χ1n) is 20.2. The molecule has 5 aromatic rings. The summed E-state index contributed by atoms with van der Waals surface area (Å²) in [5.74, 6) is -4.32. The number of fused-ring (bicyclic) bond motifs is 3. The Morgan fingerprint density at radius 1 is 0.836 bits per heavy atom. The number of H-pyrrole nitrogens is 2. The number of carbonyl (C=O) groups excluding carboxylic acids is 4. The number of aromatic amines is 2. The zero-order valence-corrected chi connectivity index (χ0v) is 36.4. The van der Waals surface area contributed by atoms with E-state index in [1.165, 1.54) is 13.2 Å². The average Bonchev–Trinajstić information content (AvgIpc) is 4.01. The number of nitrogens with one attached hydrogen (secondary N) is 4. The number of ether oxygens (including phenoxy) is 2. The first-order valence-corrected chi connectivity index (χ1v) is 23.7. The van der Waals surface area contributed by atoms with Crippen molar-refractivity contribution in [3.05, 3.63) is 72.2 Å². The third-order valence-electron chi connectivity index (χ3n) is 11.6. The second kappa shape index (κ2) is 16.5. The average molecular weight is 861 g/mol. The number of likely N-dealkylation sites (tertiary alicyclic amines) is 1. The highest BCUT2D eigenvalue weighted by Crippen LogP contribution is 2.42. The van der Waals surface area contributed by atoms with Crippen LogP contribution in [0.4, 0.5) is 22.8 Å². The van der Waals surface area contributed by atoms with E-state index in [1.54, 1.807) is 55.3 Å². The minimum atomic E-state index is -3.18. The van der Waals surface area contributed by atoms with Crippen molar-refractivity contribution in [2.75, 3.05) is 26.9 Å². The number of hydrogen-bond donors (Lipinski definition) is 4. The summed E-state index contributed by atoms with van der Waals surface area (Å²) in [5, 5.41) is 6.60. The molecule has 2 saturated heterocycles. The van der Waals surface area contributed by atoms with Gasteiger partial charge in [0.15, 0.2) is 0 Å². The van der Waals surface area contributed by atoms with Gasteiger partial charge >= 0.3 is 12.2 Å². The lowest BCUT2D eigenvalue weighted by atomic mass is 9.98. The molecule has 0 saturated carbocycles. The number of methoxy groups -OCH3 is 2. The van der Waals surface area contributed by atoms with Crippen LogP contribution in [0, 0.1) is 17.7 Å². The molecule has 4 heterocycles. The number of benzene rings is 3. The van der Waals surface area contributed by atoms with Gasteiger partial charge in [0, 0.05) is 29.1 Å². The highest BCUT2D eigenvalue weighted by atomic mass is 28.3. The van der Waals surface area contributed by atoms with Crippen LogP contribution < -0.4 is 10.6 Å².